The molecule has 0 bridgehead atoms. The van der Waals surface area contributed by atoms with Gasteiger partial charge in [-0.05, 0) is 35.6 Å². The molecule has 0 unspecified atom stereocenters. The fraction of sp³-hybridized carbons (Fsp3) is 0.400. The van der Waals surface area contributed by atoms with Crippen LogP contribution in [0, 0.1) is 17.3 Å². The van der Waals surface area contributed by atoms with Gasteiger partial charge in [-0.25, -0.2) is 0 Å². The van der Waals surface area contributed by atoms with E-state index in [4.69, 9.17) is 23.2 Å². The first-order chi connectivity index (χ1) is 10.0. The molecule has 2 nitrogen and oxygen atoms in total. The maximum atomic E-state index is 12.7. The van der Waals surface area contributed by atoms with E-state index in [0.29, 0.717) is 0 Å². The van der Waals surface area contributed by atoms with Crippen molar-refractivity contribution >= 4 is 34.8 Å². The average Bonchev–Trinajstić information content (AvgIpc) is 2.89. The van der Waals surface area contributed by atoms with Gasteiger partial charge in [-0.1, -0.05) is 43.1 Å². The Morgan fingerprint density at radius 1 is 1.32 bits per heavy atom. The molecule has 1 aromatic carbocycles. The summed E-state index contributed by atoms with van der Waals surface area (Å²) in [6, 6.07) is 4.54. The summed E-state index contributed by atoms with van der Waals surface area (Å²) < 4.78 is 38.0. The number of rotatable bonds is 3. The lowest BCUT2D eigenvalue weighted by atomic mass is 10.1. The molecule has 0 heterocycles. The van der Waals surface area contributed by atoms with Gasteiger partial charge in [0.05, 0.1) is 11.5 Å². The van der Waals surface area contributed by atoms with Crippen LogP contribution in [0.5, 0.6) is 0 Å². The van der Waals surface area contributed by atoms with Crippen LogP contribution in [0.25, 0.3) is 0 Å². The van der Waals surface area contributed by atoms with E-state index in [1.54, 1.807) is 6.08 Å². The topological polar surface area (TPSA) is 29.1 Å². The van der Waals surface area contributed by atoms with E-state index >= 15 is 0 Å². The van der Waals surface area contributed by atoms with Crippen LogP contribution in [0.4, 0.5) is 18.9 Å². The van der Waals surface area contributed by atoms with E-state index in [2.05, 4.69) is 5.32 Å². The smallest absolute Gasteiger partial charge is 0.326 e. The minimum atomic E-state index is -4.45. The molecule has 1 aromatic rings. The highest BCUT2D eigenvalue weighted by Gasteiger charge is 2.60. The van der Waals surface area contributed by atoms with Gasteiger partial charge >= 0.3 is 6.18 Å². The highest BCUT2D eigenvalue weighted by Crippen LogP contribution is 2.60. The van der Waals surface area contributed by atoms with Crippen LogP contribution >= 0.6 is 23.2 Å². The Kier molecular flexibility index (Phi) is 4.51. The van der Waals surface area contributed by atoms with Crippen LogP contribution < -0.4 is 5.32 Å². The molecule has 0 radical (unpaired) electrons. The summed E-state index contributed by atoms with van der Waals surface area (Å²) >= 11 is 11.2. The Labute approximate surface area is 136 Å². The number of nitrogens with one attached hydrogen (secondary N) is 1. The fourth-order valence-corrected chi connectivity index (χ4v) is 2.89. The predicted molar refractivity (Wildman–Crippen MR) is 80.6 cm³/mol. The Morgan fingerprint density at radius 3 is 2.50 bits per heavy atom. The highest BCUT2D eigenvalue weighted by molar-refractivity contribution is 6.55. The summed E-state index contributed by atoms with van der Waals surface area (Å²) in [6.45, 7) is 3.75. The SMILES string of the molecule is CC1(C)[C@@H](C=C(Cl)Cl)[C@@H]1C(=O)Nc1cccc(C(F)(F)F)c1. The lowest BCUT2D eigenvalue weighted by Crippen LogP contribution is -2.17. The molecular weight excluding hydrogens is 338 g/mol. The third kappa shape index (κ3) is 3.58. The normalized spacial score (nSPS) is 22.9. The van der Waals surface area contributed by atoms with Gasteiger partial charge in [0.2, 0.25) is 5.91 Å². The van der Waals surface area contributed by atoms with E-state index in [-0.39, 0.29) is 33.3 Å². The minimum Gasteiger partial charge on any atom is -0.326 e. The second-order valence-electron chi connectivity index (χ2n) is 5.85. The standard InChI is InChI=1S/C15H14Cl2F3NO/c1-14(2)10(7-11(16)17)12(14)13(22)21-9-5-3-4-8(6-9)15(18,19)20/h3-7,10,12H,1-2H3,(H,21,22)/t10-,12+/m0/s1. The molecule has 1 amide bonds. The number of alkyl halides is 3. The Hall–Kier alpha value is -1.20. The first kappa shape index (κ1) is 17.2. The Balaban J connectivity index is 2.12. The van der Waals surface area contributed by atoms with Gasteiger partial charge in [-0.2, -0.15) is 13.2 Å². The van der Waals surface area contributed by atoms with Crippen LogP contribution in [0.3, 0.4) is 0 Å². The lowest BCUT2D eigenvalue weighted by Gasteiger charge is -2.10. The van der Waals surface area contributed by atoms with E-state index in [1.165, 1.54) is 12.1 Å². The number of halogens is 5. The number of carbonyl (C=O) groups excluding carboxylic acids is 1. The quantitative estimate of drug-likeness (QED) is 0.792. The number of hydrogen-bond donors (Lipinski definition) is 1. The van der Waals surface area contributed by atoms with Gasteiger partial charge < -0.3 is 5.32 Å². The van der Waals surface area contributed by atoms with Gasteiger partial charge in [0.1, 0.15) is 4.49 Å². The molecule has 1 aliphatic carbocycles. The number of carbonyl (C=O) groups is 1. The Bertz CT molecular complexity index is 621. The van der Waals surface area contributed by atoms with Gasteiger partial charge in [0, 0.05) is 5.69 Å². The number of allylic oxidation sites excluding steroid dienone is 1. The van der Waals surface area contributed by atoms with Gasteiger partial charge in [0.25, 0.3) is 0 Å². The van der Waals surface area contributed by atoms with Crippen LogP contribution in [-0.4, -0.2) is 5.91 Å². The summed E-state index contributed by atoms with van der Waals surface area (Å²) in [6.07, 6.45) is -2.86. The van der Waals surface area contributed by atoms with Crippen LogP contribution in [0.2, 0.25) is 0 Å². The van der Waals surface area contributed by atoms with E-state index < -0.39 is 11.7 Å². The third-order valence-corrected chi connectivity index (χ3v) is 4.21. The molecule has 1 aliphatic rings. The second-order valence-corrected chi connectivity index (χ2v) is 6.86. The first-order valence-electron chi connectivity index (χ1n) is 6.54. The molecule has 2 atom stereocenters. The van der Waals surface area contributed by atoms with Crippen molar-refractivity contribution in [1.82, 2.24) is 0 Å². The van der Waals surface area contributed by atoms with Crippen molar-refractivity contribution in [3.05, 3.63) is 40.4 Å². The second kappa shape index (κ2) is 5.78. The highest BCUT2D eigenvalue weighted by atomic mass is 35.5. The van der Waals surface area contributed by atoms with Gasteiger partial charge in [0.15, 0.2) is 0 Å². The number of benzene rings is 1. The molecule has 120 valence electrons. The molecule has 0 saturated heterocycles. The van der Waals surface area contributed by atoms with Crippen LogP contribution in [-0.2, 0) is 11.0 Å². The molecule has 22 heavy (non-hydrogen) atoms. The van der Waals surface area contributed by atoms with Gasteiger partial charge in [-0.15, -0.1) is 0 Å². The summed E-state index contributed by atoms with van der Waals surface area (Å²) in [5.74, 6) is -0.863. The zero-order valence-corrected chi connectivity index (χ0v) is 13.4. The van der Waals surface area contributed by atoms with Crippen molar-refractivity contribution in [2.75, 3.05) is 5.32 Å². The minimum absolute atomic E-state index is 0.0763. The fourth-order valence-electron chi connectivity index (χ4n) is 2.62. The van der Waals surface area contributed by atoms with Crippen LogP contribution in [0.1, 0.15) is 19.4 Å². The number of amides is 1. The molecule has 0 aromatic heterocycles. The molecule has 2 rings (SSSR count). The van der Waals surface area contributed by atoms with Crippen molar-refractivity contribution in [3.63, 3.8) is 0 Å². The largest absolute Gasteiger partial charge is 0.416 e. The monoisotopic (exact) mass is 351 g/mol. The summed E-state index contributed by atoms with van der Waals surface area (Å²) in [5, 5.41) is 2.52. The van der Waals surface area contributed by atoms with Crippen LogP contribution in [0.15, 0.2) is 34.8 Å². The molecule has 1 saturated carbocycles. The average molecular weight is 352 g/mol. The zero-order valence-electron chi connectivity index (χ0n) is 11.8. The van der Waals surface area contributed by atoms with Crippen molar-refractivity contribution < 1.29 is 18.0 Å². The molecule has 7 heteroatoms. The van der Waals surface area contributed by atoms with E-state index in [1.807, 2.05) is 13.8 Å². The number of anilines is 1. The first-order valence-corrected chi connectivity index (χ1v) is 7.30. The molecule has 1 fully saturated rings. The van der Waals surface area contributed by atoms with Crippen molar-refractivity contribution in [2.45, 2.75) is 20.0 Å². The lowest BCUT2D eigenvalue weighted by molar-refractivity contribution is -0.137. The molecule has 0 aliphatic heterocycles. The summed E-state index contributed by atoms with van der Waals surface area (Å²) in [4.78, 5) is 12.2. The van der Waals surface area contributed by atoms with E-state index in [0.717, 1.165) is 12.1 Å². The molecule has 1 N–H and O–H groups in total. The van der Waals surface area contributed by atoms with E-state index in [9.17, 15) is 18.0 Å². The predicted octanol–water partition coefficient (Wildman–Crippen LogP) is 5.24. The molecule has 0 spiro atoms. The van der Waals surface area contributed by atoms with Crippen molar-refractivity contribution in [1.29, 1.82) is 0 Å². The number of hydrogen-bond acceptors (Lipinski definition) is 1. The third-order valence-electron chi connectivity index (χ3n) is 3.96. The van der Waals surface area contributed by atoms with Crippen molar-refractivity contribution in [2.24, 2.45) is 17.3 Å². The summed E-state index contributed by atoms with van der Waals surface area (Å²) in [7, 11) is 0. The summed E-state index contributed by atoms with van der Waals surface area (Å²) in [5.41, 5.74) is -1.02. The Morgan fingerprint density at radius 2 is 1.95 bits per heavy atom. The maximum absolute atomic E-state index is 12.7. The van der Waals surface area contributed by atoms with Gasteiger partial charge in [-0.3, -0.25) is 4.79 Å². The van der Waals surface area contributed by atoms with Crippen molar-refractivity contribution in [3.8, 4) is 0 Å². The zero-order chi connectivity index (χ0) is 16.7. The molecular formula is C15H14Cl2F3NO. The maximum Gasteiger partial charge on any atom is 0.416 e.